The largest absolute Gasteiger partial charge is 0.493 e. The van der Waals surface area contributed by atoms with Crippen molar-refractivity contribution in [3.63, 3.8) is 0 Å². The maximum absolute atomic E-state index is 12.1. The van der Waals surface area contributed by atoms with Crippen LogP contribution in [0, 0.1) is 0 Å². The molecule has 1 heterocycles. The molecule has 0 unspecified atom stereocenters. The Balaban J connectivity index is 1.64. The first-order valence-corrected chi connectivity index (χ1v) is 7.61. The molecule has 0 fully saturated rings. The highest BCUT2D eigenvalue weighted by Crippen LogP contribution is 2.28. The minimum atomic E-state index is -0.305. The quantitative estimate of drug-likeness (QED) is 0.674. The molecule has 0 spiro atoms. The summed E-state index contributed by atoms with van der Waals surface area (Å²) in [6.07, 6.45) is 1.68. The minimum Gasteiger partial charge on any atom is -0.493 e. The van der Waals surface area contributed by atoms with Crippen LogP contribution in [0.4, 0.5) is 5.69 Å². The van der Waals surface area contributed by atoms with Gasteiger partial charge in [0.1, 0.15) is 0 Å². The lowest BCUT2D eigenvalue weighted by Gasteiger charge is -2.11. The molecule has 0 saturated carbocycles. The van der Waals surface area contributed by atoms with Crippen molar-refractivity contribution in [2.24, 2.45) is 0 Å². The minimum absolute atomic E-state index is 0.0720. The molecule has 25 heavy (non-hydrogen) atoms. The summed E-state index contributed by atoms with van der Waals surface area (Å²) in [5, 5.41) is 10.4. The predicted octanol–water partition coefficient (Wildman–Crippen LogP) is 2.79. The molecular weight excluding hydrogens is 322 g/mol. The van der Waals surface area contributed by atoms with Crippen molar-refractivity contribution in [3.05, 3.63) is 48.2 Å². The van der Waals surface area contributed by atoms with E-state index in [9.17, 15) is 9.59 Å². The summed E-state index contributed by atoms with van der Waals surface area (Å²) in [5.41, 5.74) is 2.06. The van der Waals surface area contributed by atoms with Crippen molar-refractivity contribution in [2.75, 3.05) is 19.0 Å². The average molecular weight is 339 g/mol. The molecule has 2 N–H and O–H groups in total. The molecule has 128 valence electrons. The van der Waals surface area contributed by atoms with Gasteiger partial charge in [-0.3, -0.25) is 14.7 Å². The number of aromatic amines is 1. The number of nitrogens with zero attached hydrogens (tertiary/aromatic N) is 1. The molecule has 3 rings (SSSR count). The Bertz CT molecular complexity index is 933. The molecule has 0 bridgehead atoms. The van der Waals surface area contributed by atoms with Crippen LogP contribution < -0.4 is 14.8 Å². The molecule has 3 aromatic rings. The average Bonchev–Trinajstić information content (AvgIpc) is 3.07. The summed E-state index contributed by atoms with van der Waals surface area (Å²) >= 11 is 0. The number of methoxy groups -OCH3 is 1. The van der Waals surface area contributed by atoms with Gasteiger partial charge in [-0.2, -0.15) is 5.10 Å². The van der Waals surface area contributed by atoms with E-state index in [4.69, 9.17) is 9.47 Å². The number of carbonyl (C=O) groups is 2. The first-order valence-electron chi connectivity index (χ1n) is 7.61. The second-order valence-electron chi connectivity index (χ2n) is 5.43. The van der Waals surface area contributed by atoms with Crippen molar-refractivity contribution < 1.29 is 19.1 Å². The number of nitrogens with one attached hydrogen (secondary N) is 2. The number of fused-ring (bicyclic) bond motifs is 1. The van der Waals surface area contributed by atoms with Gasteiger partial charge in [0.15, 0.2) is 23.9 Å². The van der Waals surface area contributed by atoms with Gasteiger partial charge in [-0.1, -0.05) is 0 Å². The van der Waals surface area contributed by atoms with Crippen LogP contribution in [0.3, 0.4) is 0 Å². The number of benzene rings is 2. The van der Waals surface area contributed by atoms with E-state index < -0.39 is 0 Å². The monoisotopic (exact) mass is 339 g/mol. The zero-order valence-corrected chi connectivity index (χ0v) is 13.8. The summed E-state index contributed by atoms with van der Waals surface area (Å²) < 4.78 is 10.7. The highest BCUT2D eigenvalue weighted by Gasteiger charge is 2.11. The van der Waals surface area contributed by atoms with Gasteiger partial charge in [-0.15, -0.1) is 0 Å². The van der Waals surface area contributed by atoms with Crippen molar-refractivity contribution in [2.45, 2.75) is 6.92 Å². The van der Waals surface area contributed by atoms with Gasteiger partial charge in [-0.25, -0.2) is 0 Å². The Morgan fingerprint density at radius 3 is 2.76 bits per heavy atom. The molecule has 0 atom stereocenters. The molecule has 0 saturated heterocycles. The van der Waals surface area contributed by atoms with Gasteiger partial charge in [0.2, 0.25) is 0 Å². The molecular formula is C18H17N3O4. The fourth-order valence-corrected chi connectivity index (χ4v) is 2.37. The SMILES string of the molecule is COc1cc(C(C)=O)ccc1OCC(=O)Nc1ccc2[nH]ncc2c1. The number of aromatic nitrogens is 2. The van der Waals surface area contributed by atoms with E-state index in [0.717, 1.165) is 10.9 Å². The zero-order valence-electron chi connectivity index (χ0n) is 13.8. The zero-order chi connectivity index (χ0) is 17.8. The number of ether oxygens (including phenoxy) is 2. The van der Waals surface area contributed by atoms with E-state index in [1.54, 1.807) is 30.5 Å². The topological polar surface area (TPSA) is 93.3 Å². The van der Waals surface area contributed by atoms with Crippen LogP contribution in [0.1, 0.15) is 17.3 Å². The Labute approximate surface area is 143 Å². The van der Waals surface area contributed by atoms with E-state index in [-0.39, 0.29) is 18.3 Å². The molecule has 1 aromatic heterocycles. The van der Waals surface area contributed by atoms with Crippen LogP contribution in [-0.4, -0.2) is 35.6 Å². The number of hydrogen-bond acceptors (Lipinski definition) is 5. The third-order valence-corrected chi connectivity index (χ3v) is 3.65. The van der Waals surface area contributed by atoms with Gasteiger partial charge in [0.05, 0.1) is 18.8 Å². The Morgan fingerprint density at radius 1 is 1.16 bits per heavy atom. The van der Waals surface area contributed by atoms with Crippen LogP contribution in [0.15, 0.2) is 42.6 Å². The third-order valence-electron chi connectivity index (χ3n) is 3.65. The fraction of sp³-hybridized carbons (Fsp3) is 0.167. The summed E-state index contributed by atoms with van der Waals surface area (Å²) in [7, 11) is 1.48. The first-order chi connectivity index (χ1) is 12.1. The second-order valence-corrected chi connectivity index (χ2v) is 5.43. The van der Waals surface area contributed by atoms with Crippen molar-refractivity contribution in [1.82, 2.24) is 10.2 Å². The summed E-state index contributed by atoms with van der Waals surface area (Å²) in [6, 6.07) is 10.3. The molecule has 0 aliphatic heterocycles. The summed E-state index contributed by atoms with van der Waals surface area (Å²) in [6.45, 7) is 1.29. The highest BCUT2D eigenvalue weighted by atomic mass is 16.5. The number of carbonyl (C=O) groups excluding carboxylic acids is 2. The molecule has 0 radical (unpaired) electrons. The smallest absolute Gasteiger partial charge is 0.262 e. The Morgan fingerprint density at radius 2 is 2.00 bits per heavy atom. The molecule has 7 heteroatoms. The summed E-state index contributed by atoms with van der Waals surface area (Å²) in [4.78, 5) is 23.5. The predicted molar refractivity (Wildman–Crippen MR) is 93.2 cm³/mol. The molecule has 2 aromatic carbocycles. The molecule has 0 aliphatic rings. The van der Waals surface area contributed by atoms with Gasteiger partial charge in [0, 0.05) is 16.6 Å². The molecule has 7 nitrogen and oxygen atoms in total. The van der Waals surface area contributed by atoms with Crippen LogP contribution in [-0.2, 0) is 4.79 Å². The van der Waals surface area contributed by atoms with E-state index in [1.807, 2.05) is 12.1 Å². The standard InChI is InChI=1S/C18H17N3O4/c1-11(22)12-3-6-16(17(8-12)24-2)25-10-18(23)20-14-4-5-15-13(7-14)9-19-21-15/h3-9H,10H2,1-2H3,(H,19,21)(H,20,23). The van der Waals surface area contributed by atoms with Gasteiger partial charge in [-0.05, 0) is 43.3 Å². The Kier molecular flexibility index (Phi) is 4.65. The van der Waals surface area contributed by atoms with Crippen LogP contribution in [0.5, 0.6) is 11.5 Å². The van der Waals surface area contributed by atoms with Crippen molar-refractivity contribution in [3.8, 4) is 11.5 Å². The highest BCUT2D eigenvalue weighted by molar-refractivity contribution is 5.95. The van der Waals surface area contributed by atoms with Crippen LogP contribution in [0.25, 0.3) is 10.9 Å². The number of hydrogen-bond donors (Lipinski definition) is 2. The molecule has 0 aliphatic carbocycles. The summed E-state index contributed by atoms with van der Waals surface area (Å²) in [5.74, 6) is 0.422. The normalized spacial score (nSPS) is 10.5. The van der Waals surface area contributed by atoms with Crippen molar-refractivity contribution in [1.29, 1.82) is 0 Å². The number of Topliss-reactive ketones (excluding diaryl/α,β-unsaturated/α-hetero) is 1. The number of anilines is 1. The van der Waals surface area contributed by atoms with E-state index in [0.29, 0.717) is 22.7 Å². The van der Waals surface area contributed by atoms with E-state index in [1.165, 1.54) is 14.0 Å². The number of H-pyrrole nitrogens is 1. The lowest BCUT2D eigenvalue weighted by Crippen LogP contribution is -2.20. The fourth-order valence-electron chi connectivity index (χ4n) is 2.37. The maximum Gasteiger partial charge on any atom is 0.262 e. The van der Waals surface area contributed by atoms with Crippen LogP contribution >= 0.6 is 0 Å². The van der Waals surface area contributed by atoms with Crippen LogP contribution in [0.2, 0.25) is 0 Å². The van der Waals surface area contributed by atoms with Gasteiger partial charge >= 0.3 is 0 Å². The lowest BCUT2D eigenvalue weighted by atomic mass is 10.1. The number of rotatable bonds is 6. The second kappa shape index (κ2) is 7.04. The Hall–Kier alpha value is -3.35. The van der Waals surface area contributed by atoms with E-state index in [2.05, 4.69) is 15.5 Å². The maximum atomic E-state index is 12.1. The first kappa shape index (κ1) is 16.5. The van der Waals surface area contributed by atoms with Gasteiger partial charge in [0.25, 0.3) is 5.91 Å². The van der Waals surface area contributed by atoms with Gasteiger partial charge < -0.3 is 14.8 Å². The van der Waals surface area contributed by atoms with E-state index >= 15 is 0 Å². The number of amides is 1. The number of ketones is 1. The lowest BCUT2D eigenvalue weighted by molar-refractivity contribution is -0.118. The van der Waals surface area contributed by atoms with Crippen molar-refractivity contribution >= 4 is 28.3 Å². The molecule has 1 amide bonds. The third kappa shape index (κ3) is 3.77.